The normalized spacial score (nSPS) is 11.4. The van der Waals surface area contributed by atoms with Gasteiger partial charge in [0.1, 0.15) is 5.75 Å². The van der Waals surface area contributed by atoms with E-state index in [0.29, 0.717) is 23.7 Å². The van der Waals surface area contributed by atoms with Gasteiger partial charge in [-0.15, -0.1) is 0 Å². The molecule has 3 aromatic rings. The lowest BCUT2D eigenvalue weighted by atomic mass is 10.2. The van der Waals surface area contributed by atoms with Gasteiger partial charge in [0.25, 0.3) is 10.0 Å². The van der Waals surface area contributed by atoms with Gasteiger partial charge in [-0.2, -0.15) is 0 Å². The Morgan fingerprint density at radius 2 is 1.75 bits per heavy atom. The molecule has 0 saturated carbocycles. The van der Waals surface area contributed by atoms with Gasteiger partial charge in [-0.05, 0) is 30.7 Å². The third-order valence-corrected chi connectivity index (χ3v) is 5.18. The third-order valence-electron chi connectivity index (χ3n) is 3.50. The largest absolute Gasteiger partial charge is 0.493 e. The summed E-state index contributed by atoms with van der Waals surface area (Å²) in [5.74, 6) is 0.959. The monoisotopic (exact) mass is 342 g/mol. The van der Waals surface area contributed by atoms with Crippen LogP contribution in [0.25, 0.3) is 11.4 Å². The molecule has 3 rings (SSSR count). The smallest absolute Gasteiger partial charge is 0.269 e. The molecule has 0 spiro atoms. The molecule has 2 aromatic carbocycles. The fourth-order valence-corrected chi connectivity index (χ4v) is 3.69. The predicted molar refractivity (Wildman–Crippen MR) is 92.5 cm³/mol. The number of aromatic nitrogens is 2. The molecule has 0 N–H and O–H groups in total. The van der Waals surface area contributed by atoms with Crippen LogP contribution in [-0.4, -0.2) is 24.0 Å². The van der Waals surface area contributed by atoms with Crippen LogP contribution in [0.15, 0.2) is 71.9 Å². The Bertz CT molecular complexity index is 918. The second-order valence-corrected chi connectivity index (χ2v) is 7.02. The highest BCUT2D eigenvalue weighted by atomic mass is 32.2. The molecule has 6 heteroatoms. The van der Waals surface area contributed by atoms with E-state index in [-0.39, 0.29) is 4.90 Å². The van der Waals surface area contributed by atoms with Crippen LogP contribution >= 0.6 is 0 Å². The maximum Gasteiger partial charge on any atom is 0.269 e. The number of nitrogens with zero attached hydrogens (tertiary/aromatic N) is 2. The molecule has 1 aromatic heterocycles. The average Bonchev–Trinajstić information content (AvgIpc) is 3.11. The van der Waals surface area contributed by atoms with Gasteiger partial charge in [-0.25, -0.2) is 17.4 Å². The van der Waals surface area contributed by atoms with Gasteiger partial charge in [0.15, 0.2) is 5.82 Å². The molecule has 0 aliphatic heterocycles. The Morgan fingerprint density at radius 3 is 2.50 bits per heavy atom. The lowest BCUT2D eigenvalue weighted by molar-refractivity contribution is 0.318. The maximum absolute atomic E-state index is 12.9. The molecular weight excluding hydrogens is 324 g/mol. The fourth-order valence-electron chi connectivity index (χ4n) is 2.37. The molecule has 0 fully saturated rings. The molecule has 124 valence electrons. The van der Waals surface area contributed by atoms with Crippen molar-refractivity contribution in [3.05, 3.63) is 67.0 Å². The molecular formula is C18H18N2O3S. The third kappa shape index (κ3) is 3.05. The van der Waals surface area contributed by atoms with E-state index < -0.39 is 10.0 Å². The molecule has 0 aliphatic rings. The summed E-state index contributed by atoms with van der Waals surface area (Å²) in [6.45, 7) is 2.58. The van der Waals surface area contributed by atoms with Gasteiger partial charge in [0.05, 0.1) is 17.1 Å². The first-order valence-corrected chi connectivity index (χ1v) is 9.14. The number of ether oxygens (including phenoxy) is 1. The summed E-state index contributed by atoms with van der Waals surface area (Å²) in [5.41, 5.74) is 0.649. The Labute approximate surface area is 141 Å². The zero-order valence-corrected chi connectivity index (χ0v) is 14.1. The second kappa shape index (κ2) is 6.88. The quantitative estimate of drug-likeness (QED) is 0.687. The highest BCUT2D eigenvalue weighted by molar-refractivity contribution is 7.90. The van der Waals surface area contributed by atoms with E-state index in [1.165, 1.54) is 16.4 Å². The molecule has 0 radical (unpaired) electrons. The average molecular weight is 342 g/mol. The van der Waals surface area contributed by atoms with E-state index in [9.17, 15) is 8.42 Å². The lowest BCUT2D eigenvalue weighted by Gasteiger charge is -2.13. The van der Waals surface area contributed by atoms with E-state index in [1.807, 2.05) is 31.2 Å². The Kier molecular flexibility index (Phi) is 4.66. The lowest BCUT2D eigenvalue weighted by Crippen LogP contribution is -2.13. The van der Waals surface area contributed by atoms with Crippen LogP contribution in [0.5, 0.6) is 5.75 Å². The molecule has 0 amide bonds. The number of para-hydroxylation sites is 1. The van der Waals surface area contributed by atoms with E-state index in [4.69, 9.17) is 4.74 Å². The highest BCUT2D eigenvalue weighted by Crippen LogP contribution is 2.30. The molecule has 0 atom stereocenters. The summed E-state index contributed by atoms with van der Waals surface area (Å²) in [5, 5.41) is 0. The molecule has 0 bridgehead atoms. The van der Waals surface area contributed by atoms with Crippen molar-refractivity contribution < 1.29 is 13.2 Å². The van der Waals surface area contributed by atoms with Crippen molar-refractivity contribution in [1.82, 2.24) is 8.96 Å². The van der Waals surface area contributed by atoms with E-state index in [2.05, 4.69) is 4.98 Å². The molecule has 0 unspecified atom stereocenters. The SMILES string of the molecule is CCCOc1ccccc1-c1nccn1S(=O)(=O)c1ccccc1. The Hall–Kier alpha value is -2.60. The fraction of sp³-hybridized carbons (Fsp3) is 0.167. The van der Waals surface area contributed by atoms with Crippen LogP contribution in [0.4, 0.5) is 0 Å². The summed E-state index contributed by atoms with van der Waals surface area (Å²) in [4.78, 5) is 4.47. The van der Waals surface area contributed by atoms with Crippen molar-refractivity contribution in [2.45, 2.75) is 18.2 Å². The van der Waals surface area contributed by atoms with Gasteiger partial charge >= 0.3 is 0 Å². The molecule has 0 aliphatic carbocycles. The van der Waals surface area contributed by atoms with Crippen molar-refractivity contribution in [1.29, 1.82) is 0 Å². The zero-order valence-electron chi connectivity index (χ0n) is 13.3. The molecule has 5 nitrogen and oxygen atoms in total. The van der Waals surface area contributed by atoms with Crippen LogP contribution < -0.4 is 4.74 Å². The Balaban J connectivity index is 2.10. The van der Waals surface area contributed by atoms with Crippen molar-refractivity contribution in [3.63, 3.8) is 0 Å². The van der Waals surface area contributed by atoms with Gasteiger partial charge in [-0.3, -0.25) is 0 Å². The number of hydrogen-bond donors (Lipinski definition) is 0. The number of benzene rings is 2. The Morgan fingerprint density at radius 1 is 1.04 bits per heavy atom. The summed E-state index contributed by atoms with van der Waals surface area (Å²) < 4.78 is 32.7. The van der Waals surface area contributed by atoms with Crippen molar-refractivity contribution in [3.8, 4) is 17.1 Å². The predicted octanol–water partition coefficient (Wildman–Crippen LogP) is 3.58. The number of imidazole rings is 1. The zero-order chi connectivity index (χ0) is 17.0. The van der Waals surface area contributed by atoms with Gasteiger partial charge in [-0.1, -0.05) is 37.3 Å². The minimum Gasteiger partial charge on any atom is -0.493 e. The molecule has 24 heavy (non-hydrogen) atoms. The maximum atomic E-state index is 12.9. The van der Waals surface area contributed by atoms with E-state index in [1.54, 1.807) is 30.3 Å². The highest BCUT2D eigenvalue weighted by Gasteiger charge is 2.22. The first kappa shape index (κ1) is 16.3. The second-order valence-electron chi connectivity index (χ2n) is 5.21. The molecule has 1 heterocycles. The molecule has 0 saturated heterocycles. The number of hydrogen-bond acceptors (Lipinski definition) is 4. The van der Waals surface area contributed by atoms with Gasteiger partial charge in [0, 0.05) is 12.4 Å². The summed E-state index contributed by atoms with van der Waals surface area (Å²) in [7, 11) is -3.71. The van der Waals surface area contributed by atoms with Crippen LogP contribution in [-0.2, 0) is 10.0 Å². The van der Waals surface area contributed by atoms with Crippen molar-refractivity contribution in [2.24, 2.45) is 0 Å². The summed E-state index contributed by atoms with van der Waals surface area (Å²) >= 11 is 0. The summed E-state index contributed by atoms with van der Waals surface area (Å²) in [6.07, 6.45) is 3.80. The first-order valence-electron chi connectivity index (χ1n) is 7.70. The minimum atomic E-state index is -3.71. The van der Waals surface area contributed by atoms with Crippen LogP contribution in [0.1, 0.15) is 13.3 Å². The standard InChI is InChI=1S/C18H18N2O3S/c1-2-14-23-17-11-7-6-10-16(17)18-19-12-13-20(18)24(21,22)15-8-4-3-5-9-15/h3-13H,2,14H2,1H3. The van der Waals surface area contributed by atoms with Gasteiger partial charge in [0.2, 0.25) is 0 Å². The van der Waals surface area contributed by atoms with Crippen LogP contribution in [0, 0.1) is 0 Å². The summed E-state index contributed by atoms with van der Waals surface area (Å²) in [6, 6.07) is 15.6. The van der Waals surface area contributed by atoms with Crippen molar-refractivity contribution in [2.75, 3.05) is 6.61 Å². The van der Waals surface area contributed by atoms with Crippen LogP contribution in [0.3, 0.4) is 0 Å². The van der Waals surface area contributed by atoms with Crippen molar-refractivity contribution >= 4 is 10.0 Å². The number of rotatable bonds is 6. The van der Waals surface area contributed by atoms with Gasteiger partial charge < -0.3 is 4.74 Å². The topological polar surface area (TPSA) is 61.2 Å². The first-order chi connectivity index (χ1) is 11.6. The minimum absolute atomic E-state index is 0.219. The van der Waals surface area contributed by atoms with Crippen LogP contribution in [0.2, 0.25) is 0 Å². The van der Waals surface area contributed by atoms with E-state index >= 15 is 0 Å². The van der Waals surface area contributed by atoms with E-state index in [0.717, 1.165) is 6.42 Å².